The standard InChI is InChI=1S/C27H43N3O4S/c1-6-10-11-15-29(14-9-4)26(34)23-27-19(5)18-20(35-27)21(22(27)25(33)30(23)16-17-31)24(32)28(12-7-2)13-8-3/h7,9,19-23,31H,2,4,6,8,10-18H2,1,3,5H3/t19?,20-,21+,22+,23?,27?/m1/s1. The number of nitrogens with zero attached hydrogens (tertiary/aromatic N) is 3. The first-order chi connectivity index (χ1) is 16.8. The van der Waals surface area contributed by atoms with E-state index in [1.807, 2.05) is 16.7 Å². The average molecular weight is 506 g/mol. The van der Waals surface area contributed by atoms with E-state index in [-0.39, 0.29) is 42.0 Å². The third-order valence-corrected chi connectivity index (χ3v) is 10.0. The lowest BCUT2D eigenvalue weighted by Crippen LogP contribution is -2.57. The van der Waals surface area contributed by atoms with Gasteiger partial charge in [-0.1, -0.05) is 45.8 Å². The lowest BCUT2D eigenvalue weighted by molar-refractivity contribution is -0.145. The van der Waals surface area contributed by atoms with E-state index in [0.29, 0.717) is 26.2 Å². The van der Waals surface area contributed by atoms with Crippen LogP contribution in [-0.2, 0) is 14.4 Å². The van der Waals surface area contributed by atoms with Gasteiger partial charge in [-0.15, -0.1) is 24.9 Å². The second kappa shape index (κ2) is 12.0. The van der Waals surface area contributed by atoms with Gasteiger partial charge in [0.15, 0.2) is 0 Å². The van der Waals surface area contributed by atoms with Crippen molar-refractivity contribution in [1.82, 2.24) is 14.7 Å². The van der Waals surface area contributed by atoms with Crippen molar-refractivity contribution in [2.45, 2.75) is 68.9 Å². The highest BCUT2D eigenvalue weighted by Gasteiger charge is 2.76. The zero-order valence-corrected chi connectivity index (χ0v) is 22.5. The first kappa shape index (κ1) is 27.8. The molecule has 3 saturated heterocycles. The van der Waals surface area contributed by atoms with Crippen LogP contribution in [0.3, 0.4) is 0 Å². The largest absolute Gasteiger partial charge is 0.395 e. The number of thioether (sulfide) groups is 1. The van der Waals surface area contributed by atoms with E-state index in [1.54, 1.807) is 28.8 Å². The van der Waals surface area contributed by atoms with Crippen molar-refractivity contribution < 1.29 is 19.5 Å². The number of carbonyl (C=O) groups excluding carboxylic acids is 3. The number of aliphatic hydroxyl groups excluding tert-OH is 1. The SMILES string of the molecule is C=CCN(CCCCC)C(=O)C1N(CCO)C(=O)[C@@H]2[C@@H](C(=O)N(CC=C)CCC)[C@H]3CC(C)C12S3. The number of fused-ring (bicyclic) bond motifs is 1. The van der Waals surface area contributed by atoms with Crippen molar-refractivity contribution in [3.05, 3.63) is 25.3 Å². The first-order valence-electron chi connectivity index (χ1n) is 13.2. The van der Waals surface area contributed by atoms with Gasteiger partial charge >= 0.3 is 0 Å². The molecule has 0 aromatic heterocycles. The maximum absolute atomic E-state index is 14.1. The number of rotatable bonds is 14. The molecule has 3 unspecified atom stereocenters. The third kappa shape index (κ3) is 4.80. The average Bonchev–Trinajstić information content (AvgIpc) is 3.42. The lowest BCUT2D eigenvalue weighted by Gasteiger charge is -2.41. The fraction of sp³-hybridized carbons (Fsp3) is 0.741. The lowest BCUT2D eigenvalue weighted by atomic mass is 9.65. The van der Waals surface area contributed by atoms with Crippen molar-refractivity contribution in [3.8, 4) is 0 Å². The molecule has 6 atom stereocenters. The van der Waals surface area contributed by atoms with Gasteiger partial charge in [-0.05, 0) is 25.2 Å². The molecule has 1 spiro atoms. The van der Waals surface area contributed by atoms with Crippen molar-refractivity contribution in [3.63, 3.8) is 0 Å². The monoisotopic (exact) mass is 505 g/mol. The molecule has 3 fully saturated rings. The van der Waals surface area contributed by atoms with Crippen LogP contribution in [0.15, 0.2) is 25.3 Å². The highest BCUT2D eigenvalue weighted by Crippen LogP contribution is 2.68. The van der Waals surface area contributed by atoms with Gasteiger partial charge in [0.05, 0.1) is 23.2 Å². The Labute approximate surface area is 215 Å². The summed E-state index contributed by atoms with van der Waals surface area (Å²) in [6.45, 7) is 16.0. The van der Waals surface area contributed by atoms with Gasteiger partial charge in [0.2, 0.25) is 17.7 Å². The summed E-state index contributed by atoms with van der Waals surface area (Å²) in [4.78, 5) is 47.1. The van der Waals surface area contributed by atoms with Gasteiger partial charge in [0, 0.05) is 38.0 Å². The summed E-state index contributed by atoms with van der Waals surface area (Å²) in [5, 5.41) is 9.85. The number of likely N-dealkylation sites (tertiary alicyclic amines) is 1. The molecule has 0 radical (unpaired) electrons. The van der Waals surface area contributed by atoms with E-state index in [0.717, 1.165) is 32.1 Å². The number of unbranched alkanes of at least 4 members (excludes halogenated alkanes) is 2. The quantitative estimate of drug-likeness (QED) is 0.290. The highest BCUT2D eigenvalue weighted by molar-refractivity contribution is 8.02. The number of aliphatic hydroxyl groups is 1. The van der Waals surface area contributed by atoms with Crippen LogP contribution in [0, 0.1) is 17.8 Å². The summed E-state index contributed by atoms with van der Waals surface area (Å²) in [5.41, 5.74) is 0. The van der Waals surface area contributed by atoms with E-state index in [4.69, 9.17) is 0 Å². The Morgan fingerprint density at radius 1 is 1.11 bits per heavy atom. The normalized spacial score (nSPS) is 30.9. The third-order valence-electron chi connectivity index (χ3n) is 7.95. The van der Waals surface area contributed by atoms with Crippen LogP contribution in [0.4, 0.5) is 0 Å². The molecule has 0 saturated carbocycles. The van der Waals surface area contributed by atoms with E-state index < -0.39 is 22.6 Å². The molecule has 8 heteroatoms. The predicted molar refractivity (Wildman–Crippen MR) is 141 cm³/mol. The molecule has 7 nitrogen and oxygen atoms in total. The molecule has 3 rings (SSSR count). The number of hydrogen-bond donors (Lipinski definition) is 1. The molecule has 0 aliphatic carbocycles. The Kier molecular flexibility index (Phi) is 9.49. The van der Waals surface area contributed by atoms with Crippen molar-refractivity contribution in [1.29, 1.82) is 0 Å². The highest BCUT2D eigenvalue weighted by atomic mass is 32.2. The van der Waals surface area contributed by atoms with Gasteiger partial charge in [0.25, 0.3) is 0 Å². The fourth-order valence-electron chi connectivity index (χ4n) is 6.53. The first-order valence-corrected chi connectivity index (χ1v) is 14.1. The van der Waals surface area contributed by atoms with Crippen LogP contribution in [0.1, 0.15) is 52.9 Å². The summed E-state index contributed by atoms with van der Waals surface area (Å²) in [6, 6.07) is -0.671. The van der Waals surface area contributed by atoms with Gasteiger partial charge in [-0.2, -0.15) is 0 Å². The smallest absolute Gasteiger partial charge is 0.247 e. The summed E-state index contributed by atoms with van der Waals surface area (Å²) < 4.78 is -0.648. The molecule has 0 aromatic rings. The number of hydrogen-bond acceptors (Lipinski definition) is 5. The summed E-state index contributed by atoms with van der Waals surface area (Å²) in [5.74, 6) is -1.09. The van der Waals surface area contributed by atoms with E-state index >= 15 is 0 Å². The fourth-order valence-corrected chi connectivity index (χ4v) is 8.94. The van der Waals surface area contributed by atoms with Gasteiger partial charge in [-0.3, -0.25) is 14.4 Å². The Morgan fingerprint density at radius 3 is 2.34 bits per heavy atom. The molecule has 3 aliphatic heterocycles. The van der Waals surface area contributed by atoms with Crippen molar-refractivity contribution >= 4 is 29.5 Å². The van der Waals surface area contributed by atoms with Crippen LogP contribution < -0.4 is 0 Å². The summed E-state index contributed by atoms with van der Waals surface area (Å²) >= 11 is 1.69. The molecule has 196 valence electrons. The number of amides is 3. The van der Waals surface area contributed by atoms with E-state index in [9.17, 15) is 19.5 Å². The molecule has 3 aliphatic rings. The van der Waals surface area contributed by atoms with E-state index in [2.05, 4.69) is 27.0 Å². The van der Waals surface area contributed by atoms with Gasteiger partial charge in [-0.25, -0.2) is 0 Å². The molecule has 1 N–H and O–H groups in total. The van der Waals surface area contributed by atoms with Crippen molar-refractivity contribution in [2.24, 2.45) is 17.8 Å². The molecule has 2 bridgehead atoms. The van der Waals surface area contributed by atoms with Gasteiger partial charge < -0.3 is 19.8 Å². The maximum atomic E-state index is 14.1. The van der Waals surface area contributed by atoms with Crippen LogP contribution >= 0.6 is 11.8 Å². The summed E-state index contributed by atoms with van der Waals surface area (Å²) in [7, 11) is 0. The predicted octanol–water partition coefficient (Wildman–Crippen LogP) is 2.95. The molecule has 35 heavy (non-hydrogen) atoms. The zero-order valence-electron chi connectivity index (χ0n) is 21.7. The Morgan fingerprint density at radius 2 is 1.77 bits per heavy atom. The number of carbonyl (C=O) groups is 3. The second-order valence-electron chi connectivity index (χ2n) is 10.2. The second-order valence-corrected chi connectivity index (χ2v) is 11.7. The molecular formula is C27H43N3O4S. The molecule has 3 amide bonds. The Hall–Kier alpha value is -1.80. The Balaban J connectivity index is 2.01. The zero-order chi connectivity index (χ0) is 25.8. The van der Waals surface area contributed by atoms with Gasteiger partial charge in [0.1, 0.15) is 6.04 Å². The molecular weight excluding hydrogens is 462 g/mol. The topological polar surface area (TPSA) is 81.2 Å². The number of β-amino-alcohol motifs (C(OH)–C–C–N with tert-alkyl or cyclic N) is 1. The minimum Gasteiger partial charge on any atom is -0.395 e. The molecule has 3 heterocycles. The van der Waals surface area contributed by atoms with Crippen LogP contribution in [0.5, 0.6) is 0 Å². The van der Waals surface area contributed by atoms with Crippen LogP contribution in [0.25, 0.3) is 0 Å². The van der Waals surface area contributed by atoms with Crippen LogP contribution in [0.2, 0.25) is 0 Å². The minimum atomic E-state index is -0.671. The minimum absolute atomic E-state index is 0.000633. The maximum Gasteiger partial charge on any atom is 0.247 e. The van der Waals surface area contributed by atoms with E-state index in [1.165, 1.54) is 0 Å². The van der Waals surface area contributed by atoms with Crippen molar-refractivity contribution in [2.75, 3.05) is 39.3 Å². The Bertz CT molecular complexity index is 820. The molecule has 0 aromatic carbocycles. The summed E-state index contributed by atoms with van der Waals surface area (Å²) in [6.07, 6.45) is 8.09. The van der Waals surface area contributed by atoms with Crippen LogP contribution in [-0.4, -0.2) is 92.9 Å².